The summed E-state index contributed by atoms with van der Waals surface area (Å²) in [6.45, 7) is 1.69. The fraction of sp³-hybridized carbons (Fsp3) is 0.417. The Morgan fingerprint density at radius 2 is 2.33 bits per heavy atom. The largest absolute Gasteiger partial charge is 0.306 e. The molecule has 0 radical (unpaired) electrons. The molecule has 0 aliphatic carbocycles. The standard InChI is InChI=1S/C12H12FN5O3/c1-7-9(13)2-3-10(18(20)21)12(7)17-6-8(4-11(17)19)5-15-16-14/h2-3,8H,4-6H2,1H3. The van der Waals surface area contributed by atoms with Gasteiger partial charge >= 0.3 is 0 Å². The molecule has 1 heterocycles. The van der Waals surface area contributed by atoms with Gasteiger partial charge in [-0.1, -0.05) is 5.11 Å². The molecule has 110 valence electrons. The predicted molar refractivity (Wildman–Crippen MR) is 72.3 cm³/mol. The van der Waals surface area contributed by atoms with Gasteiger partial charge in [-0.15, -0.1) is 0 Å². The van der Waals surface area contributed by atoms with Crippen molar-refractivity contribution in [2.45, 2.75) is 13.3 Å². The van der Waals surface area contributed by atoms with Crippen LogP contribution >= 0.6 is 0 Å². The van der Waals surface area contributed by atoms with Crippen LogP contribution in [0.15, 0.2) is 17.2 Å². The molecule has 2 rings (SSSR count). The second kappa shape index (κ2) is 5.76. The van der Waals surface area contributed by atoms with Crippen LogP contribution in [0, 0.1) is 28.8 Å². The van der Waals surface area contributed by atoms with Crippen LogP contribution in [0.4, 0.5) is 15.8 Å². The molecule has 0 saturated carbocycles. The molecule has 1 saturated heterocycles. The average molecular weight is 293 g/mol. The number of rotatable bonds is 4. The summed E-state index contributed by atoms with van der Waals surface area (Å²) in [4.78, 5) is 26.3. The molecule has 8 nitrogen and oxygen atoms in total. The Morgan fingerprint density at radius 3 is 2.95 bits per heavy atom. The number of nitro benzene ring substituents is 1. The average Bonchev–Trinajstić information content (AvgIpc) is 2.80. The Morgan fingerprint density at radius 1 is 1.62 bits per heavy atom. The lowest BCUT2D eigenvalue weighted by molar-refractivity contribution is -0.384. The van der Waals surface area contributed by atoms with E-state index in [9.17, 15) is 19.3 Å². The quantitative estimate of drug-likeness (QED) is 0.279. The third-order valence-corrected chi connectivity index (χ3v) is 3.42. The molecular formula is C12H12FN5O3. The number of anilines is 1. The van der Waals surface area contributed by atoms with Gasteiger partial charge in [-0.3, -0.25) is 14.9 Å². The molecule has 1 fully saturated rings. The number of benzene rings is 1. The van der Waals surface area contributed by atoms with Crippen LogP contribution in [0.3, 0.4) is 0 Å². The van der Waals surface area contributed by atoms with Crippen molar-refractivity contribution in [3.8, 4) is 0 Å². The number of hydrogen-bond acceptors (Lipinski definition) is 4. The summed E-state index contributed by atoms with van der Waals surface area (Å²) in [5.74, 6) is -1.18. The number of amides is 1. The van der Waals surface area contributed by atoms with Crippen LogP contribution in [0.25, 0.3) is 10.4 Å². The van der Waals surface area contributed by atoms with Crippen molar-refractivity contribution in [3.05, 3.63) is 44.1 Å². The van der Waals surface area contributed by atoms with Crippen molar-refractivity contribution >= 4 is 17.3 Å². The van der Waals surface area contributed by atoms with Gasteiger partial charge in [-0.2, -0.15) is 0 Å². The highest BCUT2D eigenvalue weighted by atomic mass is 19.1. The molecule has 0 N–H and O–H groups in total. The van der Waals surface area contributed by atoms with Crippen molar-refractivity contribution in [1.82, 2.24) is 0 Å². The number of halogens is 1. The van der Waals surface area contributed by atoms with E-state index >= 15 is 0 Å². The second-order valence-electron chi connectivity index (χ2n) is 4.79. The molecule has 9 heteroatoms. The van der Waals surface area contributed by atoms with E-state index in [-0.39, 0.29) is 48.3 Å². The zero-order chi connectivity index (χ0) is 15.6. The van der Waals surface area contributed by atoms with E-state index in [0.717, 1.165) is 12.1 Å². The minimum absolute atomic E-state index is 0.0200. The molecule has 0 bridgehead atoms. The van der Waals surface area contributed by atoms with E-state index < -0.39 is 10.7 Å². The number of carbonyl (C=O) groups is 1. The van der Waals surface area contributed by atoms with Crippen molar-refractivity contribution in [2.75, 3.05) is 18.0 Å². The zero-order valence-electron chi connectivity index (χ0n) is 11.2. The van der Waals surface area contributed by atoms with Crippen LogP contribution in [0.1, 0.15) is 12.0 Å². The highest BCUT2D eigenvalue weighted by Gasteiger charge is 2.35. The first-order chi connectivity index (χ1) is 9.95. The minimum atomic E-state index is -0.643. The van der Waals surface area contributed by atoms with Gasteiger partial charge in [0.25, 0.3) is 5.69 Å². The van der Waals surface area contributed by atoms with Gasteiger partial charge in [0, 0.05) is 36.1 Å². The van der Waals surface area contributed by atoms with Crippen molar-refractivity contribution in [2.24, 2.45) is 11.0 Å². The molecule has 1 aliphatic rings. The molecule has 1 amide bonds. The van der Waals surface area contributed by atoms with Gasteiger partial charge < -0.3 is 4.90 Å². The van der Waals surface area contributed by atoms with Gasteiger partial charge in [-0.05, 0) is 24.4 Å². The van der Waals surface area contributed by atoms with E-state index in [0.29, 0.717) is 0 Å². The van der Waals surface area contributed by atoms with Crippen LogP contribution in [0.5, 0.6) is 0 Å². The fourth-order valence-corrected chi connectivity index (χ4v) is 2.42. The number of nitro groups is 1. The number of azide groups is 1. The lowest BCUT2D eigenvalue weighted by atomic mass is 10.1. The molecule has 1 atom stereocenters. The van der Waals surface area contributed by atoms with E-state index in [1.165, 1.54) is 11.8 Å². The van der Waals surface area contributed by atoms with E-state index in [2.05, 4.69) is 10.0 Å². The SMILES string of the molecule is Cc1c(F)ccc([N+](=O)[O-])c1N1CC(CN=[N+]=[N-])CC1=O. The Kier molecular flexibility index (Phi) is 4.04. The van der Waals surface area contributed by atoms with E-state index in [1.807, 2.05) is 0 Å². The first-order valence-electron chi connectivity index (χ1n) is 6.20. The van der Waals surface area contributed by atoms with Gasteiger partial charge in [0.1, 0.15) is 11.5 Å². The molecule has 1 aliphatic heterocycles. The van der Waals surface area contributed by atoms with E-state index in [1.54, 1.807) is 0 Å². The topological polar surface area (TPSA) is 112 Å². The molecule has 1 aromatic carbocycles. The van der Waals surface area contributed by atoms with Gasteiger partial charge in [0.15, 0.2) is 0 Å². The molecule has 1 unspecified atom stereocenters. The summed E-state index contributed by atoms with van der Waals surface area (Å²) in [7, 11) is 0. The first kappa shape index (κ1) is 14.7. The zero-order valence-corrected chi connectivity index (χ0v) is 11.2. The summed E-state index contributed by atoms with van der Waals surface area (Å²) in [5, 5.41) is 14.5. The summed E-state index contributed by atoms with van der Waals surface area (Å²) in [5.41, 5.74) is 8.02. The van der Waals surface area contributed by atoms with Crippen LogP contribution in [-0.2, 0) is 4.79 Å². The monoisotopic (exact) mass is 293 g/mol. The second-order valence-corrected chi connectivity index (χ2v) is 4.79. The predicted octanol–water partition coefficient (Wildman–Crippen LogP) is 2.71. The van der Waals surface area contributed by atoms with Gasteiger partial charge in [0.2, 0.25) is 5.91 Å². The Labute approximate surface area is 118 Å². The van der Waals surface area contributed by atoms with E-state index in [4.69, 9.17) is 5.53 Å². The summed E-state index contributed by atoms with van der Waals surface area (Å²) in [6, 6.07) is 2.06. The maximum absolute atomic E-state index is 13.7. The lowest BCUT2D eigenvalue weighted by Gasteiger charge is -2.19. The third kappa shape index (κ3) is 2.77. The highest BCUT2D eigenvalue weighted by molar-refractivity contribution is 5.98. The van der Waals surface area contributed by atoms with Crippen LogP contribution in [-0.4, -0.2) is 23.9 Å². The number of nitrogens with zero attached hydrogens (tertiary/aromatic N) is 5. The molecule has 0 aromatic heterocycles. The smallest absolute Gasteiger partial charge is 0.293 e. The number of hydrogen-bond donors (Lipinski definition) is 0. The van der Waals surface area contributed by atoms with Crippen molar-refractivity contribution < 1.29 is 14.1 Å². The minimum Gasteiger partial charge on any atom is -0.306 e. The summed E-state index contributed by atoms with van der Waals surface area (Å²) in [6.07, 6.45) is 0.117. The van der Waals surface area contributed by atoms with Crippen LogP contribution in [0.2, 0.25) is 0 Å². The lowest BCUT2D eigenvalue weighted by Crippen LogP contribution is -2.26. The molecular weight excluding hydrogens is 281 g/mol. The molecule has 1 aromatic rings. The van der Waals surface area contributed by atoms with Crippen molar-refractivity contribution in [1.29, 1.82) is 0 Å². The Hall–Kier alpha value is -2.67. The first-order valence-corrected chi connectivity index (χ1v) is 6.20. The Bertz CT molecular complexity index is 657. The molecule has 21 heavy (non-hydrogen) atoms. The van der Waals surface area contributed by atoms with Gasteiger partial charge in [-0.25, -0.2) is 4.39 Å². The third-order valence-electron chi connectivity index (χ3n) is 3.42. The van der Waals surface area contributed by atoms with Gasteiger partial charge in [0.05, 0.1) is 4.92 Å². The fourth-order valence-electron chi connectivity index (χ4n) is 2.42. The Balaban J connectivity index is 2.42. The maximum Gasteiger partial charge on any atom is 0.293 e. The normalized spacial score (nSPS) is 17.7. The van der Waals surface area contributed by atoms with Crippen LogP contribution < -0.4 is 4.90 Å². The summed E-state index contributed by atoms with van der Waals surface area (Å²) < 4.78 is 13.7. The number of carbonyl (C=O) groups excluding carboxylic acids is 1. The highest BCUT2D eigenvalue weighted by Crippen LogP contribution is 2.36. The molecule has 0 spiro atoms. The summed E-state index contributed by atoms with van der Waals surface area (Å²) >= 11 is 0. The maximum atomic E-state index is 13.7. The van der Waals surface area contributed by atoms with Crippen molar-refractivity contribution in [3.63, 3.8) is 0 Å².